The van der Waals surface area contributed by atoms with E-state index in [1.807, 2.05) is 41.2 Å². The molecule has 1 aromatic heterocycles. The Morgan fingerprint density at radius 1 is 1.47 bits per heavy atom. The monoisotopic (exact) mass is 230 g/mol. The molecule has 2 rings (SSSR count). The van der Waals surface area contributed by atoms with E-state index in [0.717, 1.165) is 10.9 Å². The van der Waals surface area contributed by atoms with Crippen molar-refractivity contribution in [2.24, 2.45) is 0 Å². The number of ether oxygens (including phenoxy) is 1. The Hall–Kier alpha value is -2.10. The molecule has 0 spiro atoms. The van der Waals surface area contributed by atoms with E-state index in [-0.39, 0.29) is 5.97 Å². The molecular formula is C13H14N2O2. The van der Waals surface area contributed by atoms with Crippen LogP contribution in [0.15, 0.2) is 42.1 Å². The molecule has 0 bridgehead atoms. The van der Waals surface area contributed by atoms with Gasteiger partial charge in [-0.2, -0.15) is 5.10 Å². The maximum atomic E-state index is 11.2. The zero-order valence-corrected chi connectivity index (χ0v) is 9.88. The Morgan fingerprint density at radius 2 is 2.24 bits per heavy atom. The Labute approximate surface area is 99.5 Å². The molecule has 0 saturated heterocycles. The van der Waals surface area contributed by atoms with Gasteiger partial charge in [0.2, 0.25) is 0 Å². The molecule has 0 amide bonds. The number of carbonyl (C=O) groups excluding carboxylic acids is 1. The van der Waals surface area contributed by atoms with Gasteiger partial charge in [0.25, 0.3) is 0 Å². The van der Waals surface area contributed by atoms with E-state index < -0.39 is 0 Å². The van der Waals surface area contributed by atoms with Crippen molar-refractivity contribution in [3.8, 4) is 0 Å². The van der Waals surface area contributed by atoms with Crippen molar-refractivity contribution in [3.63, 3.8) is 0 Å². The van der Waals surface area contributed by atoms with E-state index in [9.17, 15) is 4.79 Å². The third-order valence-corrected chi connectivity index (χ3v) is 2.63. The molecule has 1 aromatic carbocycles. The molecule has 0 N–H and O–H groups in total. The van der Waals surface area contributed by atoms with Gasteiger partial charge in [0.05, 0.1) is 25.4 Å². The zero-order chi connectivity index (χ0) is 12.3. The summed E-state index contributed by atoms with van der Waals surface area (Å²) in [5.41, 5.74) is 1.65. The van der Waals surface area contributed by atoms with Gasteiger partial charge in [-0.1, -0.05) is 24.3 Å². The Kier molecular flexibility index (Phi) is 3.23. The van der Waals surface area contributed by atoms with Crippen LogP contribution in [0, 0.1) is 0 Å². The van der Waals surface area contributed by atoms with Crippen molar-refractivity contribution >= 4 is 16.9 Å². The zero-order valence-electron chi connectivity index (χ0n) is 9.88. The fourth-order valence-electron chi connectivity index (χ4n) is 1.64. The first kappa shape index (κ1) is 11.4. The predicted molar refractivity (Wildman–Crippen MR) is 65.5 cm³/mol. The summed E-state index contributed by atoms with van der Waals surface area (Å²) >= 11 is 0. The van der Waals surface area contributed by atoms with Crippen LogP contribution in [-0.4, -0.2) is 22.9 Å². The Balaban J connectivity index is 2.22. The van der Waals surface area contributed by atoms with E-state index in [4.69, 9.17) is 0 Å². The standard InChI is InChI=1S/C13H14N2O2/c1-10(13(16)17-2)7-8-15-12-6-4-3-5-11(12)9-14-15/h3-7,9H,8H2,1-2H3. The summed E-state index contributed by atoms with van der Waals surface area (Å²) in [6.07, 6.45) is 3.63. The number of esters is 1. The first-order chi connectivity index (χ1) is 8.22. The molecule has 0 unspecified atom stereocenters. The molecule has 4 heteroatoms. The van der Waals surface area contributed by atoms with Gasteiger partial charge in [0, 0.05) is 11.0 Å². The number of carbonyl (C=O) groups is 1. The van der Waals surface area contributed by atoms with Crippen LogP contribution >= 0.6 is 0 Å². The van der Waals surface area contributed by atoms with Crippen molar-refractivity contribution in [1.29, 1.82) is 0 Å². The lowest BCUT2D eigenvalue weighted by Crippen LogP contribution is -2.04. The molecule has 4 nitrogen and oxygen atoms in total. The number of benzene rings is 1. The van der Waals surface area contributed by atoms with Gasteiger partial charge in [0.15, 0.2) is 0 Å². The minimum absolute atomic E-state index is 0.304. The van der Waals surface area contributed by atoms with E-state index in [0.29, 0.717) is 12.1 Å². The lowest BCUT2D eigenvalue weighted by Gasteiger charge is -2.01. The molecule has 0 saturated carbocycles. The molecule has 2 aromatic rings. The molecule has 0 aliphatic heterocycles. The quantitative estimate of drug-likeness (QED) is 0.599. The van der Waals surface area contributed by atoms with Crippen LogP contribution in [0.3, 0.4) is 0 Å². The SMILES string of the molecule is COC(=O)C(C)=CCn1ncc2ccccc21. The van der Waals surface area contributed by atoms with Crippen LogP contribution < -0.4 is 0 Å². The van der Waals surface area contributed by atoms with Gasteiger partial charge in [0.1, 0.15) is 0 Å². The summed E-state index contributed by atoms with van der Waals surface area (Å²) in [4.78, 5) is 11.2. The third-order valence-electron chi connectivity index (χ3n) is 2.63. The van der Waals surface area contributed by atoms with Gasteiger partial charge in [-0.05, 0) is 13.0 Å². The number of methoxy groups -OCH3 is 1. The smallest absolute Gasteiger partial charge is 0.333 e. The predicted octanol–water partition coefficient (Wildman–Crippen LogP) is 2.16. The number of allylic oxidation sites excluding steroid dienone is 1. The maximum Gasteiger partial charge on any atom is 0.333 e. The largest absolute Gasteiger partial charge is 0.466 e. The number of nitrogens with zero attached hydrogens (tertiary/aromatic N) is 2. The molecule has 17 heavy (non-hydrogen) atoms. The molecule has 0 aliphatic carbocycles. The fourth-order valence-corrected chi connectivity index (χ4v) is 1.64. The van der Waals surface area contributed by atoms with Crippen LogP contribution in [0.1, 0.15) is 6.92 Å². The number of hydrogen-bond donors (Lipinski definition) is 0. The number of rotatable bonds is 3. The minimum Gasteiger partial charge on any atom is -0.466 e. The number of fused-ring (bicyclic) bond motifs is 1. The summed E-state index contributed by atoms with van der Waals surface area (Å²) in [5, 5.41) is 5.37. The van der Waals surface area contributed by atoms with Crippen LogP contribution in [0.5, 0.6) is 0 Å². The van der Waals surface area contributed by atoms with Gasteiger partial charge in [-0.15, -0.1) is 0 Å². The first-order valence-corrected chi connectivity index (χ1v) is 5.38. The second-order valence-electron chi connectivity index (χ2n) is 3.76. The van der Waals surface area contributed by atoms with E-state index in [1.165, 1.54) is 7.11 Å². The molecule has 0 aliphatic rings. The van der Waals surface area contributed by atoms with E-state index in [1.54, 1.807) is 6.92 Å². The molecule has 88 valence electrons. The summed E-state index contributed by atoms with van der Waals surface area (Å²) in [6, 6.07) is 7.96. The molecule has 0 fully saturated rings. The maximum absolute atomic E-state index is 11.2. The highest BCUT2D eigenvalue weighted by atomic mass is 16.5. The van der Waals surface area contributed by atoms with Gasteiger partial charge in [-0.25, -0.2) is 4.79 Å². The summed E-state index contributed by atoms with van der Waals surface area (Å²) in [5.74, 6) is -0.304. The number of aromatic nitrogens is 2. The average molecular weight is 230 g/mol. The summed E-state index contributed by atoms with van der Waals surface area (Å²) in [6.45, 7) is 2.30. The average Bonchev–Trinajstić information content (AvgIpc) is 2.78. The second kappa shape index (κ2) is 4.82. The first-order valence-electron chi connectivity index (χ1n) is 5.38. The normalized spacial score (nSPS) is 11.8. The summed E-state index contributed by atoms with van der Waals surface area (Å²) in [7, 11) is 1.38. The van der Waals surface area contributed by atoms with Crippen molar-refractivity contribution < 1.29 is 9.53 Å². The van der Waals surface area contributed by atoms with Crippen LogP contribution in [-0.2, 0) is 16.1 Å². The van der Waals surface area contributed by atoms with Crippen LogP contribution in [0.2, 0.25) is 0 Å². The van der Waals surface area contributed by atoms with Crippen LogP contribution in [0.25, 0.3) is 10.9 Å². The summed E-state index contributed by atoms with van der Waals surface area (Å²) < 4.78 is 6.48. The van der Waals surface area contributed by atoms with Crippen molar-refractivity contribution in [2.75, 3.05) is 7.11 Å². The molecule has 0 radical (unpaired) electrons. The highest BCUT2D eigenvalue weighted by molar-refractivity contribution is 5.87. The Bertz CT molecular complexity index is 570. The van der Waals surface area contributed by atoms with Crippen LogP contribution in [0.4, 0.5) is 0 Å². The topological polar surface area (TPSA) is 44.1 Å². The lowest BCUT2D eigenvalue weighted by atomic mass is 10.2. The highest BCUT2D eigenvalue weighted by Crippen LogP contribution is 2.12. The minimum atomic E-state index is -0.304. The van der Waals surface area contributed by atoms with E-state index >= 15 is 0 Å². The number of para-hydroxylation sites is 1. The molecule has 0 atom stereocenters. The van der Waals surface area contributed by atoms with Gasteiger partial charge >= 0.3 is 5.97 Å². The third kappa shape index (κ3) is 2.36. The highest BCUT2D eigenvalue weighted by Gasteiger charge is 2.03. The molecular weight excluding hydrogens is 216 g/mol. The lowest BCUT2D eigenvalue weighted by molar-refractivity contribution is -0.136. The van der Waals surface area contributed by atoms with Crippen molar-refractivity contribution in [2.45, 2.75) is 13.5 Å². The Morgan fingerprint density at radius 3 is 3.00 bits per heavy atom. The van der Waals surface area contributed by atoms with Gasteiger partial charge < -0.3 is 4.74 Å². The van der Waals surface area contributed by atoms with Crippen molar-refractivity contribution in [3.05, 3.63) is 42.1 Å². The second-order valence-corrected chi connectivity index (χ2v) is 3.76. The molecule has 1 heterocycles. The fraction of sp³-hybridized carbons (Fsp3) is 0.231. The van der Waals surface area contributed by atoms with Gasteiger partial charge in [-0.3, -0.25) is 4.68 Å². The van der Waals surface area contributed by atoms with Crippen molar-refractivity contribution in [1.82, 2.24) is 9.78 Å². The van der Waals surface area contributed by atoms with E-state index in [2.05, 4.69) is 9.84 Å². The number of hydrogen-bond acceptors (Lipinski definition) is 3.